The summed E-state index contributed by atoms with van der Waals surface area (Å²) < 4.78 is 0. The predicted octanol–water partition coefficient (Wildman–Crippen LogP) is 6.05. The highest BCUT2D eigenvalue weighted by atomic mass is 15.1. The number of anilines is 2. The summed E-state index contributed by atoms with van der Waals surface area (Å²) in [5.74, 6) is 0. The van der Waals surface area contributed by atoms with Crippen LogP contribution in [-0.2, 0) is 10.8 Å². The molecular weight excluding hydrogens is 266 g/mol. The van der Waals surface area contributed by atoms with Crippen molar-refractivity contribution in [3.05, 3.63) is 59.7 Å². The van der Waals surface area contributed by atoms with E-state index >= 15 is 0 Å². The van der Waals surface area contributed by atoms with E-state index in [1.807, 2.05) is 0 Å². The Hall–Kier alpha value is -1.76. The van der Waals surface area contributed by atoms with E-state index in [0.29, 0.717) is 0 Å². The largest absolute Gasteiger partial charge is 0.345 e. The van der Waals surface area contributed by atoms with Crippen molar-refractivity contribution < 1.29 is 0 Å². The van der Waals surface area contributed by atoms with Crippen LogP contribution >= 0.6 is 0 Å². The van der Waals surface area contributed by atoms with Crippen LogP contribution in [0.3, 0.4) is 0 Å². The van der Waals surface area contributed by atoms with Crippen molar-refractivity contribution in [3.8, 4) is 0 Å². The molecule has 0 saturated carbocycles. The second kappa shape index (κ2) is 5.79. The molecule has 0 heterocycles. The monoisotopic (exact) mass is 295 g/mol. The van der Waals surface area contributed by atoms with Crippen molar-refractivity contribution in [1.82, 2.24) is 0 Å². The predicted molar refractivity (Wildman–Crippen MR) is 98.3 cm³/mol. The third-order valence-electron chi connectivity index (χ3n) is 4.24. The molecule has 2 rings (SSSR count). The van der Waals surface area contributed by atoms with Gasteiger partial charge in [-0.15, -0.1) is 0 Å². The van der Waals surface area contributed by atoms with Crippen molar-refractivity contribution >= 4 is 11.4 Å². The Morgan fingerprint density at radius 1 is 0.545 bits per heavy atom. The molecule has 118 valence electrons. The molecule has 0 amide bonds. The molecule has 0 fully saturated rings. The smallest absolute Gasteiger partial charge is 0.0408 e. The van der Waals surface area contributed by atoms with Crippen LogP contribution in [0.25, 0.3) is 0 Å². The highest BCUT2D eigenvalue weighted by Crippen LogP contribution is 2.29. The third-order valence-corrected chi connectivity index (χ3v) is 4.24. The molecule has 0 spiro atoms. The summed E-state index contributed by atoms with van der Waals surface area (Å²) in [6.45, 7) is 13.5. The molecule has 0 bridgehead atoms. The first kappa shape index (κ1) is 16.6. The fraction of sp³-hybridized carbons (Fsp3) is 0.429. The molecule has 0 unspecified atom stereocenters. The van der Waals surface area contributed by atoms with Crippen molar-refractivity contribution in [2.75, 3.05) is 11.9 Å². The summed E-state index contributed by atoms with van der Waals surface area (Å²) in [6, 6.07) is 17.8. The van der Waals surface area contributed by atoms with E-state index in [1.165, 1.54) is 22.5 Å². The molecule has 1 heteroatoms. The zero-order valence-corrected chi connectivity index (χ0v) is 15.1. The second-order valence-electron chi connectivity index (χ2n) is 8.15. The zero-order chi connectivity index (χ0) is 16.5. The Bertz CT molecular complexity index is 549. The topological polar surface area (TPSA) is 3.24 Å². The summed E-state index contributed by atoms with van der Waals surface area (Å²) in [5.41, 5.74) is 5.57. The Labute approximate surface area is 136 Å². The van der Waals surface area contributed by atoms with Crippen LogP contribution in [0.2, 0.25) is 0 Å². The average molecular weight is 295 g/mol. The lowest BCUT2D eigenvalue weighted by Gasteiger charge is -2.24. The van der Waals surface area contributed by atoms with Gasteiger partial charge in [-0.2, -0.15) is 0 Å². The number of hydrogen-bond acceptors (Lipinski definition) is 1. The summed E-state index contributed by atoms with van der Waals surface area (Å²) in [6.07, 6.45) is 0. The molecule has 0 aliphatic rings. The summed E-state index contributed by atoms with van der Waals surface area (Å²) in [7, 11) is 2.12. The van der Waals surface area contributed by atoms with Gasteiger partial charge in [0.05, 0.1) is 0 Å². The molecule has 2 aromatic carbocycles. The Kier molecular flexibility index (Phi) is 4.37. The Morgan fingerprint density at radius 2 is 0.818 bits per heavy atom. The minimum atomic E-state index is 0.200. The van der Waals surface area contributed by atoms with Crippen molar-refractivity contribution in [1.29, 1.82) is 0 Å². The van der Waals surface area contributed by atoms with Crippen LogP contribution in [0.4, 0.5) is 11.4 Å². The van der Waals surface area contributed by atoms with E-state index < -0.39 is 0 Å². The SMILES string of the molecule is CN(c1ccc(C(C)(C)C)cc1)c1ccc(C(C)(C)C)cc1. The summed E-state index contributed by atoms with van der Waals surface area (Å²) in [4.78, 5) is 2.24. The Morgan fingerprint density at radius 3 is 1.05 bits per heavy atom. The summed E-state index contributed by atoms with van der Waals surface area (Å²) in [5, 5.41) is 0. The zero-order valence-electron chi connectivity index (χ0n) is 15.1. The van der Waals surface area contributed by atoms with Gasteiger partial charge in [0, 0.05) is 18.4 Å². The minimum absolute atomic E-state index is 0.200. The van der Waals surface area contributed by atoms with Gasteiger partial charge in [0.2, 0.25) is 0 Å². The van der Waals surface area contributed by atoms with E-state index in [9.17, 15) is 0 Å². The molecule has 0 atom stereocenters. The van der Waals surface area contributed by atoms with Gasteiger partial charge >= 0.3 is 0 Å². The van der Waals surface area contributed by atoms with Gasteiger partial charge in [-0.3, -0.25) is 0 Å². The normalized spacial score (nSPS) is 12.3. The lowest BCUT2D eigenvalue weighted by atomic mass is 9.87. The van der Waals surface area contributed by atoms with Crippen molar-refractivity contribution in [2.24, 2.45) is 0 Å². The highest BCUT2D eigenvalue weighted by molar-refractivity contribution is 5.63. The molecule has 0 aromatic heterocycles. The van der Waals surface area contributed by atoms with E-state index in [1.54, 1.807) is 0 Å². The van der Waals surface area contributed by atoms with E-state index in [2.05, 4.69) is 102 Å². The molecule has 0 N–H and O–H groups in total. The van der Waals surface area contributed by atoms with Gasteiger partial charge in [-0.1, -0.05) is 65.8 Å². The van der Waals surface area contributed by atoms with Crippen LogP contribution < -0.4 is 4.90 Å². The van der Waals surface area contributed by atoms with Crippen LogP contribution in [0.1, 0.15) is 52.7 Å². The van der Waals surface area contributed by atoms with E-state index in [4.69, 9.17) is 0 Å². The number of benzene rings is 2. The van der Waals surface area contributed by atoms with Crippen LogP contribution in [0.15, 0.2) is 48.5 Å². The van der Waals surface area contributed by atoms with Gasteiger partial charge in [0.25, 0.3) is 0 Å². The lowest BCUT2D eigenvalue weighted by Crippen LogP contribution is -2.14. The first-order valence-electron chi connectivity index (χ1n) is 8.04. The number of rotatable bonds is 2. The average Bonchev–Trinajstić information content (AvgIpc) is 2.45. The third kappa shape index (κ3) is 3.71. The minimum Gasteiger partial charge on any atom is -0.345 e. The maximum atomic E-state index is 2.25. The molecule has 0 saturated heterocycles. The molecule has 2 aromatic rings. The van der Waals surface area contributed by atoms with Crippen molar-refractivity contribution in [3.63, 3.8) is 0 Å². The molecule has 0 radical (unpaired) electrons. The Balaban J connectivity index is 2.23. The molecule has 0 aliphatic carbocycles. The van der Waals surface area contributed by atoms with Gasteiger partial charge in [0.1, 0.15) is 0 Å². The van der Waals surface area contributed by atoms with Crippen molar-refractivity contribution in [2.45, 2.75) is 52.4 Å². The maximum absolute atomic E-state index is 2.25. The number of nitrogens with zero attached hydrogens (tertiary/aromatic N) is 1. The lowest BCUT2D eigenvalue weighted by molar-refractivity contribution is 0.590. The van der Waals surface area contributed by atoms with E-state index in [0.717, 1.165) is 0 Å². The maximum Gasteiger partial charge on any atom is 0.0408 e. The van der Waals surface area contributed by atoms with Gasteiger partial charge < -0.3 is 4.90 Å². The fourth-order valence-electron chi connectivity index (χ4n) is 2.52. The van der Waals surface area contributed by atoms with E-state index in [-0.39, 0.29) is 10.8 Å². The van der Waals surface area contributed by atoms with Gasteiger partial charge in [-0.05, 0) is 46.2 Å². The first-order chi connectivity index (χ1) is 10.1. The van der Waals surface area contributed by atoms with Crippen LogP contribution in [0.5, 0.6) is 0 Å². The van der Waals surface area contributed by atoms with Crippen LogP contribution in [0, 0.1) is 0 Å². The molecular formula is C21H29N. The first-order valence-corrected chi connectivity index (χ1v) is 8.04. The number of hydrogen-bond donors (Lipinski definition) is 0. The highest BCUT2D eigenvalue weighted by Gasteiger charge is 2.15. The quantitative estimate of drug-likeness (QED) is 0.652. The summed E-state index contributed by atoms with van der Waals surface area (Å²) >= 11 is 0. The standard InChI is InChI=1S/C21H29N/c1-20(2,3)16-8-12-18(13-9-16)22(7)19-14-10-17(11-15-19)21(4,5)6/h8-15H,1-7H3. The molecule has 22 heavy (non-hydrogen) atoms. The molecule has 1 nitrogen and oxygen atoms in total. The molecule has 0 aliphatic heterocycles. The van der Waals surface area contributed by atoms with Gasteiger partial charge in [0.15, 0.2) is 0 Å². The van der Waals surface area contributed by atoms with Crippen LogP contribution in [-0.4, -0.2) is 7.05 Å². The van der Waals surface area contributed by atoms with Gasteiger partial charge in [-0.25, -0.2) is 0 Å². The fourth-order valence-corrected chi connectivity index (χ4v) is 2.52. The second-order valence-corrected chi connectivity index (χ2v) is 8.15.